The molecule has 0 aromatic heterocycles. The van der Waals surface area contributed by atoms with Crippen molar-refractivity contribution in [3.63, 3.8) is 0 Å². The Hall–Kier alpha value is -1.51. The zero-order valence-corrected chi connectivity index (χ0v) is 11.6. The van der Waals surface area contributed by atoms with Crippen LogP contribution in [0.3, 0.4) is 0 Å². The number of nitro benzene ring substituents is 1. The van der Waals surface area contributed by atoms with Crippen molar-refractivity contribution in [3.05, 3.63) is 39.9 Å². The molecule has 0 saturated carbocycles. The molecule has 0 aliphatic rings. The molecule has 1 atom stereocenters. The number of benzene rings is 1. The largest absolute Gasteiger partial charge is 0.309 e. The van der Waals surface area contributed by atoms with E-state index in [9.17, 15) is 18.5 Å². The number of sulfonamides is 1. The molecule has 1 aromatic rings. The van der Waals surface area contributed by atoms with E-state index in [0.29, 0.717) is 5.56 Å². The predicted molar refractivity (Wildman–Crippen MR) is 72.4 cm³/mol. The smallest absolute Gasteiger partial charge is 0.274 e. The molecule has 0 radical (unpaired) electrons. The highest BCUT2D eigenvalue weighted by atomic mass is 32.2. The van der Waals surface area contributed by atoms with Gasteiger partial charge in [0.05, 0.1) is 10.7 Å². The van der Waals surface area contributed by atoms with Crippen LogP contribution >= 0.6 is 0 Å². The topological polar surface area (TPSA) is 101 Å². The maximum absolute atomic E-state index is 11.2. The van der Waals surface area contributed by atoms with E-state index in [-0.39, 0.29) is 24.0 Å². The van der Waals surface area contributed by atoms with Crippen LogP contribution in [0, 0.1) is 10.1 Å². The van der Waals surface area contributed by atoms with Gasteiger partial charge < -0.3 is 5.32 Å². The van der Waals surface area contributed by atoms with Crippen molar-refractivity contribution in [2.75, 3.05) is 19.3 Å². The minimum Gasteiger partial charge on any atom is -0.309 e. The van der Waals surface area contributed by atoms with Gasteiger partial charge in [0, 0.05) is 24.2 Å². The fraction of sp³-hybridized carbons (Fsp3) is 0.455. The highest BCUT2D eigenvalue weighted by Crippen LogP contribution is 2.24. The lowest BCUT2D eigenvalue weighted by molar-refractivity contribution is -0.385. The summed E-state index contributed by atoms with van der Waals surface area (Å²) in [4.78, 5) is 10.4. The molecule has 0 heterocycles. The molecule has 2 N–H and O–H groups in total. The van der Waals surface area contributed by atoms with Crippen LogP contribution in [0.25, 0.3) is 0 Å². The summed E-state index contributed by atoms with van der Waals surface area (Å²) in [6.07, 6.45) is 0. The van der Waals surface area contributed by atoms with Crippen molar-refractivity contribution in [3.8, 4) is 0 Å². The van der Waals surface area contributed by atoms with Crippen molar-refractivity contribution in [2.24, 2.45) is 0 Å². The summed E-state index contributed by atoms with van der Waals surface area (Å²) in [5.74, 6) is -0.0749. The Bertz CT molecular complexity index is 545. The first-order valence-corrected chi connectivity index (χ1v) is 7.40. The first kappa shape index (κ1) is 15.5. The quantitative estimate of drug-likeness (QED) is 0.570. The highest BCUT2D eigenvalue weighted by Gasteiger charge is 2.18. The molecule has 0 saturated heterocycles. The third kappa shape index (κ3) is 4.58. The van der Waals surface area contributed by atoms with Crippen molar-refractivity contribution >= 4 is 15.7 Å². The number of hydrogen-bond donors (Lipinski definition) is 2. The number of hydrogen-bond acceptors (Lipinski definition) is 5. The van der Waals surface area contributed by atoms with Crippen LogP contribution in [0.2, 0.25) is 0 Å². The molecule has 19 heavy (non-hydrogen) atoms. The maximum atomic E-state index is 11.2. The second-order valence-corrected chi connectivity index (χ2v) is 6.06. The van der Waals surface area contributed by atoms with E-state index in [4.69, 9.17) is 0 Å². The molecule has 106 valence electrons. The van der Waals surface area contributed by atoms with Crippen molar-refractivity contribution in [1.82, 2.24) is 10.0 Å². The van der Waals surface area contributed by atoms with E-state index in [2.05, 4.69) is 10.0 Å². The molecule has 1 aromatic carbocycles. The lowest BCUT2D eigenvalue weighted by Gasteiger charge is -2.14. The molecular weight excluding hydrogens is 270 g/mol. The van der Waals surface area contributed by atoms with Crippen LogP contribution < -0.4 is 10.0 Å². The van der Waals surface area contributed by atoms with E-state index in [1.807, 2.05) is 0 Å². The van der Waals surface area contributed by atoms with Gasteiger partial charge in [-0.3, -0.25) is 10.1 Å². The zero-order chi connectivity index (χ0) is 14.5. The molecule has 0 fully saturated rings. The minimum atomic E-state index is -3.27. The van der Waals surface area contributed by atoms with Gasteiger partial charge in [0.15, 0.2) is 0 Å². The Morgan fingerprint density at radius 2 is 2.00 bits per heavy atom. The Balaban J connectivity index is 2.69. The SMILES string of the molecule is CNS(=O)(=O)CCNC(C)c1ccccc1[N+](=O)[O-]. The standard InChI is InChI=1S/C11H17N3O4S/c1-9(13-7-8-19(17,18)12-2)10-5-3-4-6-11(10)14(15)16/h3-6,9,12-13H,7-8H2,1-2H3. The first-order valence-electron chi connectivity index (χ1n) is 5.75. The Morgan fingerprint density at radius 3 is 2.58 bits per heavy atom. The lowest BCUT2D eigenvalue weighted by Crippen LogP contribution is -2.31. The predicted octanol–water partition coefficient (Wildman–Crippen LogP) is 0.795. The van der Waals surface area contributed by atoms with Gasteiger partial charge in [0.2, 0.25) is 10.0 Å². The van der Waals surface area contributed by atoms with Gasteiger partial charge in [0.25, 0.3) is 5.69 Å². The number of nitro groups is 1. The average Bonchev–Trinajstić information content (AvgIpc) is 2.38. The van der Waals surface area contributed by atoms with Crippen molar-refractivity contribution in [2.45, 2.75) is 13.0 Å². The van der Waals surface area contributed by atoms with Gasteiger partial charge >= 0.3 is 0 Å². The van der Waals surface area contributed by atoms with Gasteiger partial charge in [-0.05, 0) is 14.0 Å². The van der Waals surface area contributed by atoms with E-state index in [0.717, 1.165) is 0 Å². The van der Waals surface area contributed by atoms with E-state index >= 15 is 0 Å². The molecular formula is C11H17N3O4S. The molecule has 0 aliphatic heterocycles. The van der Waals surface area contributed by atoms with Gasteiger partial charge in [-0.1, -0.05) is 18.2 Å². The summed E-state index contributed by atoms with van der Waals surface area (Å²) in [5, 5.41) is 13.8. The van der Waals surface area contributed by atoms with Crippen LogP contribution in [0.5, 0.6) is 0 Å². The number of nitrogens with zero attached hydrogens (tertiary/aromatic N) is 1. The van der Waals surface area contributed by atoms with Crippen molar-refractivity contribution < 1.29 is 13.3 Å². The van der Waals surface area contributed by atoms with Crippen LogP contribution in [-0.2, 0) is 10.0 Å². The normalized spacial score (nSPS) is 13.2. The van der Waals surface area contributed by atoms with E-state index < -0.39 is 14.9 Å². The number of rotatable bonds is 7. The third-order valence-corrected chi connectivity index (χ3v) is 4.10. The molecule has 7 nitrogen and oxygen atoms in total. The fourth-order valence-corrected chi connectivity index (χ4v) is 2.23. The van der Waals surface area contributed by atoms with Crippen LogP contribution in [0.15, 0.2) is 24.3 Å². The van der Waals surface area contributed by atoms with Gasteiger partial charge in [-0.25, -0.2) is 13.1 Å². The van der Waals surface area contributed by atoms with E-state index in [1.165, 1.54) is 13.1 Å². The molecule has 0 aliphatic carbocycles. The second-order valence-electron chi connectivity index (χ2n) is 4.01. The van der Waals surface area contributed by atoms with Gasteiger partial charge in [-0.15, -0.1) is 0 Å². The van der Waals surface area contributed by atoms with Crippen LogP contribution in [0.4, 0.5) is 5.69 Å². The molecule has 0 bridgehead atoms. The highest BCUT2D eigenvalue weighted by molar-refractivity contribution is 7.89. The lowest BCUT2D eigenvalue weighted by atomic mass is 10.1. The maximum Gasteiger partial charge on any atom is 0.274 e. The second kappa shape index (κ2) is 6.60. The third-order valence-electron chi connectivity index (χ3n) is 2.73. The Morgan fingerprint density at radius 1 is 1.37 bits per heavy atom. The minimum absolute atomic E-state index is 0.0268. The number of para-hydroxylation sites is 1. The molecule has 1 rings (SSSR count). The summed E-state index contributed by atoms with van der Waals surface area (Å²) in [6, 6.07) is 6.10. The fourth-order valence-electron chi connectivity index (χ4n) is 1.64. The first-order chi connectivity index (χ1) is 8.87. The van der Waals surface area contributed by atoms with Crippen LogP contribution in [0.1, 0.15) is 18.5 Å². The molecule has 8 heteroatoms. The molecule has 0 amide bonds. The number of nitrogens with one attached hydrogen (secondary N) is 2. The molecule has 0 spiro atoms. The van der Waals surface area contributed by atoms with Gasteiger partial charge in [-0.2, -0.15) is 0 Å². The summed E-state index contributed by atoms with van der Waals surface area (Å²) in [6.45, 7) is 1.98. The molecule has 1 unspecified atom stereocenters. The Labute approximate surface area is 112 Å². The summed E-state index contributed by atoms with van der Waals surface area (Å²) in [7, 11) is -1.92. The van der Waals surface area contributed by atoms with Gasteiger partial charge in [0.1, 0.15) is 0 Å². The van der Waals surface area contributed by atoms with Crippen LogP contribution in [-0.4, -0.2) is 32.7 Å². The van der Waals surface area contributed by atoms with Crippen molar-refractivity contribution in [1.29, 1.82) is 0 Å². The summed E-state index contributed by atoms with van der Waals surface area (Å²) in [5.41, 5.74) is 0.563. The Kier molecular flexibility index (Phi) is 5.40. The van der Waals surface area contributed by atoms with E-state index in [1.54, 1.807) is 25.1 Å². The summed E-state index contributed by atoms with van der Waals surface area (Å²) >= 11 is 0. The average molecular weight is 287 g/mol. The monoisotopic (exact) mass is 287 g/mol. The zero-order valence-electron chi connectivity index (χ0n) is 10.8. The summed E-state index contributed by atoms with van der Waals surface area (Å²) < 4.78 is 24.7.